The number of benzene rings is 2. The molecular formula is C16H13Cl3FNO4S. The lowest BCUT2D eigenvalue weighted by atomic mass is 10.3. The van der Waals surface area contributed by atoms with Crippen LogP contribution in [-0.2, 0) is 19.6 Å². The number of carbonyl (C=O) groups is 1. The van der Waals surface area contributed by atoms with Gasteiger partial charge in [-0.1, -0.05) is 34.8 Å². The highest BCUT2D eigenvalue weighted by molar-refractivity contribution is 7.92. The van der Waals surface area contributed by atoms with Gasteiger partial charge in [-0.05, 0) is 43.3 Å². The summed E-state index contributed by atoms with van der Waals surface area (Å²) in [4.78, 5) is 11.7. The van der Waals surface area contributed by atoms with Crippen LogP contribution in [0.25, 0.3) is 0 Å². The van der Waals surface area contributed by atoms with Crippen LogP contribution >= 0.6 is 34.8 Å². The second kappa shape index (κ2) is 8.43. The fourth-order valence-electron chi connectivity index (χ4n) is 2.04. The average molecular weight is 441 g/mol. The van der Waals surface area contributed by atoms with Crippen LogP contribution in [0.1, 0.15) is 6.92 Å². The first-order chi connectivity index (χ1) is 12.2. The summed E-state index contributed by atoms with van der Waals surface area (Å²) < 4.78 is 45.0. The SMILES string of the molecule is CCOC(=O)CN(c1ccc(F)c(Cl)c1)S(=O)(=O)c1ccc(Cl)c(Cl)c1. The quantitative estimate of drug-likeness (QED) is 0.619. The molecule has 10 heteroatoms. The molecule has 0 saturated carbocycles. The normalized spacial score (nSPS) is 11.3. The van der Waals surface area contributed by atoms with E-state index in [2.05, 4.69) is 0 Å². The van der Waals surface area contributed by atoms with Gasteiger partial charge in [0, 0.05) is 0 Å². The zero-order valence-electron chi connectivity index (χ0n) is 13.4. The summed E-state index contributed by atoms with van der Waals surface area (Å²) in [5, 5.41) is -0.0888. The summed E-state index contributed by atoms with van der Waals surface area (Å²) in [6.45, 7) is 1.03. The number of rotatable bonds is 6. The van der Waals surface area contributed by atoms with Gasteiger partial charge in [0.25, 0.3) is 10.0 Å². The molecule has 2 rings (SSSR count). The Labute approximate surface area is 165 Å². The topological polar surface area (TPSA) is 63.7 Å². The van der Waals surface area contributed by atoms with Gasteiger partial charge in [0.15, 0.2) is 0 Å². The van der Waals surface area contributed by atoms with E-state index in [1.54, 1.807) is 6.92 Å². The Morgan fingerprint density at radius 1 is 1.08 bits per heavy atom. The molecule has 2 aromatic carbocycles. The van der Waals surface area contributed by atoms with Crippen molar-refractivity contribution in [2.45, 2.75) is 11.8 Å². The van der Waals surface area contributed by atoms with Crippen molar-refractivity contribution < 1.29 is 22.3 Å². The third-order valence-electron chi connectivity index (χ3n) is 3.25. The molecule has 0 amide bonds. The van der Waals surface area contributed by atoms with Crippen LogP contribution in [0.2, 0.25) is 15.1 Å². The monoisotopic (exact) mass is 439 g/mol. The largest absolute Gasteiger partial charge is 0.465 e. The third kappa shape index (κ3) is 4.59. The maximum Gasteiger partial charge on any atom is 0.326 e. The molecule has 5 nitrogen and oxygen atoms in total. The van der Waals surface area contributed by atoms with Gasteiger partial charge < -0.3 is 4.74 Å². The van der Waals surface area contributed by atoms with Crippen molar-refractivity contribution in [1.29, 1.82) is 0 Å². The molecule has 0 spiro atoms. The zero-order valence-corrected chi connectivity index (χ0v) is 16.5. The molecule has 0 aliphatic rings. The fourth-order valence-corrected chi connectivity index (χ4v) is 4.01. The number of nitrogens with zero attached hydrogens (tertiary/aromatic N) is 1. The van der Waals surface area contributed by atoms with Crippen molar-refractivity contribution in [2.24, 2.45) is 0 Å². The Balaban J connectivity index is 2.55. The fraction of sp³-hybridized carbons (Fsp3) is 0.188. The molecule has 0 radical (unpaired) electrons. The summed E-state index contributed by atoms with van der Waals surface area (Å²) in [6, 6.07) is 7.01. The molecule has 0 unspecified atom stereocenters. The predicted molar refractivity (Wildman–Crippen MR) is 99.0 cm³/mol. The molecule has 26 heavy (non-hydrogen) atoms. The van der Waals surface area contributed by atoms with Crippen molar-refractivity contribution in [2.75, 3.05) is 17.5 Å². The van der Waals surface area contributed by atoms with Gasteiger partial charge in [-0.2, -0.15) is 0 Å². The van der Waals surface area contributed by atoms with E-state index < -0.39 is 28.4 Å². The zero-order chi connectivity index (χ0) is 19.5. The van der Waals surface area contributed by atoms with Crippen molar-refractivity contribution in [1.82, 2.24) is 0 Å². The first kappa shape index (κ1) is 20.8. The second-order valence-electron chi connectivity index (χ2n) is 4.99. The third-order valence-corrected chi connectivity index (χ3v) is 6.05. The lowest BCUT2D eigenvalue weighted by Gasteiger charge is -2.24. The van der Waals surface area contributed by atoms with Crippen molar-refractivity contribution in [3.05, 3.63) is 57.3 Å². The molecule has 0 bridgehead atoms. The highest BCUT2D eigenvalue weighted by atomic mass is 35.5. The predicted octanol–water partition coefficient (Wildman–Crippen LogP) is 4.54. The Kier molecular flexibility index (Phi) is 6.74. The minimum atomic E-state index is -4.23. The first-order valence-corrected chi connectivity index (χ1v) is 9.82. The Bertz CT molecular complexity index is 937. The summed E-state index contributed by atoms with van der Waals surface area (Å²) in [5.41, 5.74) is -0.00414. The highest BCUT2D eigenvalue weighted by Gasteiger charge is 2.28. The Morgan fingerprint density at radius 3 is 2.35 bits per heavy atom. The summed E-state index contributed by atoms with van der Waals surface area (Å²) in [7, 11) is -4.23. The van der Waals surface area contributed by atoms with Gasteiger partial charge in [0.05, 0.1) is 32.3 Å². The van der Waals surface area contributed by atoms with Crippen LogP contribution in [-0.4, -0.2) is 27.5 Å². The summed E-state index contributed by atoms with van der Waals surface area (Å²) in [6.07, 6.45) is 0. The van der Waals surface area contributed by atoms with E-state index in [9.17, 15) is 17.6 Å². The van der Waals surface area contributed by atoms with Crippen molar-refractivity contribution in [3.8, 4) is 0 Å². The van der Waals surface area contributed by atoms with E-state index in [1.165, 1.54) is 18.2 Å². The maximum atomic E-state index is 13.4. The number of hydrogen-bond acceptors (Lipinski definition) is 4. The minimum absolute atomic E-state index is 0.00414. The van der Waals surface area contributed by atoms with E-state index >= 15 is 0 Å². The number of anilines is 1. The van der Waals surface area contributed by atoms with Crippen molar-refractivity contribution in [3.63, 3.8) is 0 Å². The van der Waals surface area contributed by atoms with Gasteiger partial charge in [0.2, 0.25) is 0 Å². The van der Waals surface area contributed by atoms with E-state index in [-0.39, 0.29) is 32.3 Å². The molecule has 0 aliphatic carbocycles. The molecular weight excluding hydrogens is 428 g/mol. The molecule has 0 aliphatic heterocycles. The molecule has 140 valence electrons. The van der Waals surface area contributed by atoms with Crippen LogP contribution in [0, 0.1) is 5.82 Å². The molecule has 0 heterocycles. The summed E-state index contributed by atoms with van der Waals surface area (Å²) in [5.74, 6) is -1.50. The second-order valence-corrected chi connectivity index (χ2v) is 8.07. The van der Waals surface area contributed by atoms with E-state index in [1.807, 2.05) is 0 Å². The van der Waals surface area contributed by atoms with Crippen LogP contribution in [0.4, 0.5) is 10.1 Å². The van der Waals surface area contributed by atoms with Crippen LogP contribution in [0.5, 0.6) is 0 Å². The van der Waals surface area contributed by atoms with Gasteiger partial charge in [-0.3, -0.25) is 9.10 Å². The Morgan fingerprint density at radius 2 is 1.77 bits per heavy atom. The minimum Gasteiger partial charge on any atom is -0.465 e. The number of hydrogen-bond donors (Lipinski definition) is 0. The van der Waals surface area contributed by atoms with Gasteiger partial charge in [0.1, 0.15) is 12.4 Å². The van der Waals surface area contributed by atoms with Crippen LogP contribution < -0.4 is 4.31 Å². The summed E-state index contributed by atoms with van der Waals surface area (Å²) >= 11 is 17.5. The molecule has 0 fully saturated rings. The maximum absolute atomic E-state index is 13.4. The number of carbonyl (C=O) groups excluding carboxylic acids is 1. The van der Waals surface area contributed by atoms with E-state index in [4.69, 9.17) is 39.5 Å². The van der Waals surface area contributed by atoms with Gasteiger partial charge >= 0.3 is 5.97 Å². The highest BCUT2D eigenvalue weighted by Crippen LogP contribution is 2.30. The molecule has 0 saturated heterocycles. The van der Waals surface area contributed by atoms with E-state index in [0.29, 0.717) is 0 Å². The standard InChI is InChI=1S/C16H13Cl3FNO4S/c1-2-25-16(22)9-21(10-3-6-15(20)14(19)7-10)26(23,24)11-4-5-12(17)13(18)8-11/h3-8H,2,9H2,1H3. The lowest BCUT2D eigenvalue weighted by molar-refractivity contribution is -0.141. The van der Waals surface area contributed by atoms with Gasteiger partial charge in [-0.25, -0.2) is 12.8 Å². The first-order valence-electron chi connectivity index (χ1n) is 7.25. The van der Waals surface area contributed by atoms with Gasteiger partial charge in [-0.15, -0.1) is 0 Å². The lowest BCUT2D eigenvalue weighted by Crippen LogP contribution is -2.36. The van der Waals surface area contributed by atoms with E-state index in [0.717, 1.165) is 22.5 Å². The van der Waals surface area contributed by atoms with Crippen molar-refractivity contribution >= 4 is 56.5 Å². The smallest absolute Gasteiger partial charge is 0.326 e. The number of sulfonamides is 1. The van der Waals surface area contributed by atoms with Crippen LogP contribution in [0.3, 0.4) is 0 Å². The number of ether oxygens (including phenoxy) is 1. The molecule has 2 aromatic rings. The van der Waals surface area contributed by atoms with Crippen LogP contribution in [0.15, 0.2) is 41.3 Å². The number of halogens is 4. The Hall–Kier alpha value is -1.54. The number of esters is 1. The average Bonchev–Trinajstić information content (AvgIpc) is 2.58. The molecule has 0 N–H and O–H groups in total. The molecule has 0 atom stereocenters. The molecule has 0 aromatic heterocycles.